The lowest BCUT2D eigenvalue weighted by Crippen LogP contribution is -2.34. The van der Waals surface area contributed by atoms with E-state index in [1.807, 2.05) is 50.2 Å². The van der Waals surface area contributed by atoms with Crippen LogP contribution in [0.25, 0.3) is 20.8 Å². The zero-order valence-electron chi connectivity index (χ0n) is 14.4. The number of benzene rings is 2. The van der Waals surface area contributed by atoms with Gasteiger partial charge >= 0.3 is 0 Å². The summed E-state index contributed by atoms with van der Waals surface area (Å²) >= 11 is 13.1. The van der Waals surface area contributed by atoms with Crippen molar-refractivity contribution in [3.63, 3.8) is 0 Å². The molecule has 0 bridgehead atoms. The van der Waals surface area contributed by atoms with Crippen molar-refractivity contribution in [1.82, 2.24) is 10.3 Å². The summed E-state index contributed by atoms with van der Waals surface area (Å²) < 4.78 is 1.10. The summed E-state index contributed by atoms with van der Waals surface area (Å²) in [6.45, 7) is 3.97. The van der Waals surface area contributed by atoms with Crippen molar-refractivity contribution in [2.45, 2.75) is 20.3 Å². The molecule has 0 fully saturated rings. The monoisotopic (exact) mass is 403 g/mol. The Labute approximate surface area is 166 Å². The maximum absolute atomic E-state index is 11.9. The summed E-state index contributed by atoms with van der Waals surface area (Å²) in [5.41, 5.74) is 2.54. The van der Waals surface area contributed by atoms with Crippen LogP contribution < -0.4 is 10.6 Å². The Balaban J connectivity index is 1.86. The number of anilines is 1. The van der Waals surface area contributed by atoms with Crippen LogP contribution in [-0.4, -0.2) is 16.0 Å². The molecule has 0 saturated heterocycles. The number of thiocarbonyl (C=S) groups is 1. The molecular formula is C19H18ClN3OS2. The zero-order chi connectivity index (χ0) is 18.7. The van der Waals surface area contributed by atoms with Gasteiger partial charge < -0.3 is 10.6 Å². The minimum absolute atomic E-state index is 0.104. The Kier molecular flexibility index (Phi) is 5.86. The van der Waals surface area contributed by atoms with Crippen LogP contribution in [0.2, 0.25) is 5.02 Å². The largest absolute Gasteiger partial charge is 0.332 e. The molecule has 0 spiro atoms. The Morgan fingerprint density at radius 1 is 1.27 bits per heavy atom. The van der Waals surface area contributed by atoms with E-state index in [1.165, 1.54) is 0 Å². The van der Waals surface area contributed by atoms with Gasteiger partial charge in [0.1, 0.15) is 5.01 Å². The van der Waals surface area contributed by atoms with Crippen LogP contribution in [0.15, 0.2) is 42.5 Å². The van der Waals surface area contributed by atoms with Crippen molar-refractivity contribution in [2.24, 2.45) is 5.92 Å². The lowest BCUT2D eigenvalue weighted by Gasteiger charge is -2.13. The lowest BCUT2D eigenvalue weighted by atomic mass is 10.1. The van der Waals surface area contributed by atoms with E-state index in [1.54, 1.807) is 17.4 Å². The average molecular weight is 404 g/mol. The predicted octanol–water partition coefficient (Wildman–Crippen LogP) is 5.48. The molecule has 3 rings (SSSR count). The molecule has 2 N–H and O–H groups in total. The molecule has 7 heteroatoms. The SMILES string of the molecule is CC(C)CC(=O)NC(=S)Nc1ccc(Cl)cc1-c1nc2ccccc2s1. The third-order valence-electron chi connectivity index (χ3n) is 3.60. The van der Waals surface area contributed by atoms with Gasteiger partial charge in [-0.2, -0.15) is 0 Å². The highest BCUT2D eigenvalue weighted by atomic mass is 35.5. The van der Waals surface area contributed by atoms with Gasteiger partial charge in [-0.25, -0.2) is 4.98 Å². The van der Waals surface area contributed by atoms with Crippen LogP contribution in [0.3, 0.4) is 0 Å². The first kappa shape index (κ1) is 18.8. The molecule has 1 amide bonds. The topological polar surface area (TPSA) is 54.0 Å². The third kappa shape index (κ3) is 4.58. The molecule has 1 heterocycles. The highest BCUT2D eigenvalue weighted by Gasteiger charge is 2.14. The highest BCUT2D eigenvalue weighted by Crippen LogP contribution is 2.36. The second-order valence-electron chi connectivity index (χ2n) is 6.28. The van der Waals surface area contributed by atoms with Gasteiger partial charge in [-0.1, -0.05) is 37.6 Å². The van der Waals surface area contributed by atoms with Crippen molar-refractivity contribution in [1.29, 1.82) is 0 Å². The van der Waals surface area contributed by atoms with Gasteiger partial charge in [0, 0.05) is 17.0 Å². The number of thiazole rings is 1. The zero-order valence-corrected chi connectivity index (χ0v) is 16.8. The van der Waals surface area contributed by atoms with E-state index in [-0.39, 0.29) is 16.9 Å². The van der Waals surface area contributed by atoms with Crippen molar-refractivity contribution < 1.29 is 4.79 Å². The van der Waals surface area contributed by atoms with Gasteiger partial charge in [0.05, 0.1) is 15.9 Å². The Hall–Kier alpha value is -2.02. The first-order chi connectivity index (χ1) is 12.4. The fourth-order valence-electron chi connectivity index (χ4n) is 2.49. The number of hydrogen-bond donors (Lipinski definition) is 2. The number of nitrogens with one attached hydrogen (secondary N) is 2. The molecule has 134 valence electrons. The van der Waals surface area contributed by atoms with Crippen LogP contribution in [0.4, 0.5) is 5.69 Å². The van der Waals surface area contributed by atoms with Crippen molar-refractivity contribution >= 4 is 62.1 Å². The first-order valence-electron chi connectivity index (χ1n) is 8.18. The molecule has 0 saturated carbocycles. The number of para-hydroxylation sites is 1. The minimum Gasteiger partial charge on any atom is -0.332 e. The lowest BCUT2D eigenvalue weighted by molar-refractivity contribution is -0.120. The van der Waals surface area contributed by atoms with E-state index >= 15 is 0 Å². The summed E-state index contributed by atoms with van der Waals surface area (Å²) in [7, 11) is 0. The number of fused-ring (bicyclic) bond motifs is 1. The number of nitrogens with zero attached hydrogens (tertiary/aromatic N) is 1. The van der Waals surface area contributed by atoms with Gasteiger partial charge in [-0.15, -0.1) is 11.3 Å². The number of aromatic nitrogens is 1. The third-order valence-corrected chi connectivity index (χ3v) is 5.11. The molecule has 3 aromatic rings. The van der Waals surface area contributed by atoms with Crippen LogP contribution in [0, 0.1) is 5.92 Å². The van der Waals surface area contributed by atoms with Crippen molar-refractivity contribution in [3.8, 4) is 10.6 Å². The van der Waals surface area contributed by atoms with Gasteiger partial charge in [0.25, 0.3) is 0 Å². The number of carbonyl (C=O) groups is 1. The first-order valence-corrected chi connectivity index (χ1v) is 9.79. The van der Waals surface area contributed by atoms with Crippen LogP contribution in [0.1, 0.15) is 20.3 Å². The van der Waals surface area contributed by atoms with E-state index in [0.29, 0.717) is 11.4 Å². The number of halogens is 1. The molecule has 0 aliphatic carbocycles. The number of carbonyl (C=O) groups excluding carboxylic acids is 1. The quantitative estimate of drug-likeness (QED) is 0.566. The highest BCUT2D eigenvalue weighted by molar-refractivity contribution is 7.80. The Bertz CT molecular complexity index is 935. The van der Waals surface area contributed by atoms with Gasteiger partial charge in [0.2, 0.25) is 5.91 Å². The second kappa shape index (κ2) is 8.12. The second-order valence-corrected chi connectivity index (χ2v) is 8.15. The molecule has 0 atom stereocenters. The van der Waals surface area contributed by atoms with Gasteiger partial charge in [-0.05, 0) is 48.5 Å². The van der Waals surface area contributed by atoms with E-state index in [9.17, 15) is 4.79 Å². The summed E-state index contributed by atoms with van der Waals surface area (Å²) in [4.78, 5) is 16.6. The number of amides is 1. The van der Waals surface area contributed by atoms with Gasteiger partial charge in [0.15, 0.2) is 5.11 Å². The van der Waals surface area contributed by atoms with E-state index in [2.05, 4.69) is 15.6 Å². The average Bonchev–Trinajstić information content (AvgIpc) is 2.99. The predicted molar refractivity (Wildman–Crippen MR) is 114 cm³/mol. The number of hydrogen-bond acceptors (Lipinski definition) is 4. The fourth-order valence-corrected chi connectivity index (χ4v) is 3.88. The van der Waals surface area contributed by atoms with Crippen molar-refractivity contribution in [3.05, 3.63) is 47.5 Å². The van der Waals surface area contributed by atoms with E-state index < -0.39 is 0 Å². The molecule has 0 radical (unpaired) electrons. The summed E-state index contributed by atoms with van der Waals surface area (Å²) in [6, 6.07) is 13.4. The summed E-state index contributed by atoms with van der Waals surface area (Å²) in [5.74, 6) is 0.166. The van der Waals surface area contributed by atoms with E-state index in [4.69, 9.17) is 23.8 Å². The Morgan fingerprint density at radius 3 is 2.77 bits per heavy atom. The van der Waals surface area contributed by atoms with Crippen LogP contribution in [-0.2, 0) is 4.79 Å². The van der Waals surface area contributed by atoms with Crippen LogP contribution >= 0.6 is 35.2 Å². The van der Waals surface area contributed by atoms with Crippen LogP contribution in [0.5, 0.6) is 0 Å². The standard InChI is InChI=1S/C19H18ClN3OS2/c1-11(2)9-17(24)23-19(25)22-14-8-7-12(20)10-13(14)18-21-15-5-3-4-6-16(15)26-18/h3-8,10-11H,9H2,1-2H3,(H2,22,23,24,25). The number of rotatable bonds is 4. The normalized spacial score (nSPS) is 10.9. The molecule has 2 aromatic carbocycles. The molecular weight excluding hydrogens is 386 g/mol. The van der Waals surface area contributed by atoms with E-state index in [0.717, 1.165) is 26.5 Å². The smallest absolute Gasteiger partial charge is 0.226 e. The van der Waals surface area contributed by atoms with Crippen molar-refractivity contribution in [2.75, 3.05) is 5.32 Å². The molecule has 0 aliphatic rings. The molecule has 0 aliphatic heterocycles. The minimum atomic E-state index is -0.104. The molecule has 0 unspecified atom stereocenters. The fraction of sp³-hybridized carbons (Fsp3) is 0.211. The molecule has 1 aromatic heterocycles. The molecule has 4 nitrogen and oxygen atoms in total. The maximum atomic E-state index is 11.9. The summed E-state index contributed by atoms with van der Waals surface area (Å²) in [5, 5.41) is 7.52. The Morgan fingerprint density at radius 2 is 2.04 bits per heavy atom. The van der Waals surface area contributed by atoms with Gasteiger partial charge in [-0.3, -0.25) is 4.79 Å². The maximum Gasteiger partial charge on any atom is 0.226 e. The molecule has 26 heavy (non-hydrogen) atoms. The summed E-state index contributed by atoms with van der Waals surface area (Å²) in [6.07, 6.45) is 0.424.